The van der Waals surface area contributed by atoms with E-state index >= 15 is 0 Å². The van der Waals surface area contributed by atoms with Crippen LogP contribution in [-0.4, -0.2) is 21.7 Å². The summed E-state index contributed by atoms with van der Waals surface area (Å²) < 4.78 is 2.38. The van der Waals surface area contributed by atoms with Gasteiger partial charge in [0.1, 0.15) is 0 Å². The Balaban J connectivity index is 0.000000286. The molecule has 11 heteroatoms. The molecule has 2 heterocycles. The molecule has 6 unspecified atom stereocenters. The molecule has 320 valence electrons. The molecule has 6 atom stereocenters. The fourth-order valence-electron chi connectivity index (χ4n) is 9.71. The van der Waals surface area contributed by atoms with E-state index in [9.17, 15) is 0 Å². The van der Waals surface area contributed by atoms with Crippen LogP contribution in [0.3, 0.4) is 0 Å². The van der Waals surface area contributed by atoms with Crippen LogP contribution in [0.2, 0.25) is 31.7 Å². The maximum atomic E-state index is 5.68. The Labute approximate surface area is 400 Å². The topological polar surface area (TPSA) is 26.1 Å². The van der Waals surface area contributed by atoms with Gasteiger partial charge in [-0.2, -0.15) is 0 Å². The number of thiophene rings is 1. The fourth-order valence-corrected chi connectivity index (χ4v) is 22.2. The second-order valence-corrected chi connectivity index (χ2v) is 35.0. The van der Waals surface area contributed by atoms with Crippen molar-refractivity contribution in [2.75, 3.05) is 4.98 Å². The molecule has 1 aliphatic heterocycles. The van der Waals surface area contributed by atoms with Gasteiger partial charge in [-0.15, -0.1) is 28.8 Å². The van der Waals surface area contributed by atoms with Gasteiger partial charge in [0.15, 0.2) is 8.24 Å². The number of hydrogen-bond donors (Lipinski definition) is 1. The molecule has 1 saturated carbocycles. The quantitative estimate of drug-likeness (QED) is 0.162. The summed E-state index contributed by atoms with van der Waals surface area (Å²) in [6.45, 7) is 38.0. The zero-order chi connectivity index (χ0) is 42.9. The monoisotopic (exact) mass is 1100 g/mol. The number of nitrogens with one attached hydrogen (secondary N) is 1. The Morgan fingerprint density at radius 2 is 1.24 bits per heavy atom. The molecule has 58 heavy (non-hydrogen) atoms. The van der Waals surface area contributed by atoms with Gasteiger partial charge < -0.3 is 17.4 Å². The predicted octanol–water partition coefficient (Wildman–Crippen LogP) is 19.1. The van der Waals surface area contributed by atoms with Crippen molar-refractivity contribution in [2.45, 2.75) is 149 Å². The Kier molecular flexibility index (Phi) is 19.9. The van der Waals surface area contributed by atoms with Crippen LogP contribution in [0.25, 0.3) is 10.6 Å². The summed E-state index contributed by atoms with van der Waals surface area (Å²) in [6.07, 6.45) is 2.47. The van der Waals surface area contributed by atoms with Gasteiger partial charge in [-0.3, -0.25) is 0 Å². The van der Waals surface area contributed by atoms with Crippen LogP contribution in [0.4, 0.5) is 11.4 Å². The molecule has 2 aliphatic carbocycles. The first-order valence-corrected chi connectivity index (χ1v) is 36.6. The molecule has 1 N–H and O–H groups in total. The van der Waals surface area contributed by atoms with Gasteiger partial charge in [0.2, 0.25) is 0 Å². The number of halogens is 4. The summed E-state index contributed by atoms with van der Waals surface area (Å²) in [5.41, 5.74) is 14.2. The molecule has 0 spiro atoms. The first-order chi connectivity index (χ1) is 26.5. The van der Waals surface area contributed by atoms with Crippen LogP contribution in [0, 0.1) is 25.2 Å². The summed E-state index contributed by atoms with van der Waals surface area (Å²) in [4.78, 5) is 11.4. The molecule has 3 aromatic rings. The maximum absolute atomic E-state index is 5.68. The predicted molar refractivity (Wildman–Crippen MR) is 276 cm³/mol. The van der Waals surface area contributed by atoms with Gasteiger partial charge in [0, 0.05) is 30.3 Å². The summed E-state index contributed by atoms with van der Waals surface area (Å²) >= 11 is 10.7. The molecule has 1 aromatic heterocycles. The minimum atomic E-state index is -1.82. The molecule has 3 aliphatic rings. The molecular weight excluding hydrogens is 1030 g/mol. The van der Waals surface area contributed by atoms with Crippen molar-refractivity contribution >= 4 is 105 Å². The minimum absolute atomic E-state index is 0. The van der Waals surface area contributed by atoms with Crippen molar-refractivity contribution in [1.29, 1.82) is 0 Å². The van der Waals surface area contributed by atoms with E-state index in [0.717, 1.165) is 28.5 Å². The van der Waals surface area contributed by atoms with Gasteiger partial charge in [-0.25, -0.2) is 0 Å². The van der Waals surface area contributed by atoms with Gasteiger partial charge >= 0.3 is 37.9 Å². The number of anilines is 1. The van der Waals surface area contributed by atoms with E-state index in [1.165, 1.54) is 53.7 Å². The average molecular weight is 1110 g/mol. The van der Waals surface area contributed by atoms with Crippen molar-refractivity contribution in [1.82, 2.24) is 0 Å². The zero-order valence-corrected chi connectivity index (χ0v) is 48.9. The molecule has 0 bridgehead atoms. The van der Waals surface area contributed by atoms with Crippen molar-refractivity contribution in [3.63, 3.8) is 0 Å². The van der Waals surface area contributed by atoms with Crippen LogP contribution >= 0.6 is 72.0 Å². The van der Waals surface area contributed by atoms with Gasteiger partial charge in [-0.05, 0) is 132 Å². The van der Waals surface area contributed by atoms with E-state index in [0.29, 0.717) is 29.2 Å². The number of rotatable bonds is 10. The van der Waals surface area contributed by atoms with Gasteiger partial charge in [0.05, 0.1) is 0 Å². The van der Waals surface area contributed by atoms with Crippen molar-refractivity contribution in [3.8, 4) is 0 Å². The van der Waals surface area contributed by atoms with E-state index in [2.05, 4.69) is 205 Å². The van der Waals surface area contributed by atoms with Crippen molar-refractivity contribution in [3.05, 3.63) is 107 Å². The fraction of sp³-hybridized carbons (Fsp3) is 0.553. The molecular formula is C47H70Br2Cl2N2S2Si2Zr. The number of allylic oxidation sites excluding steroid dienone is 3. The first kappa shape index (κ1) is 52.8. The number of nitrogens with zero attached hydrogens (tertiary/aromatic N) is 1. The second-order valence-electron chi connectivity index (χ2n) is 18.9. The Bertz CT molecular complexity index is 1870. The number of hydrogen-bond acceptors (Lipinski definition) is 3. The van der Waals surface area contributed by atoms with Crippen molar-refractivity contribution in [2.24, 2.45) is 17.8 Å². The van der Waals surface area contributed by atoms with E-state index in [1.54, 1.807) is 10.5 Å². The number of thioether (sulfide) groups is 1. The molecule has 0 radical (unpaired) electrons. The third kappa shape index (κ3) is 11.6. The van der Waals surface area contributed by atoms with Crippen LogP contribution < -0.4 is 4.98 Å². The van der Waals surface area contributed by atoms with Gasteiger partial charge in [-0.1, -0.05) is 150 Å². The molecule has 0 amide bonds. The first-order valence-electron chi connectivity index (χ1n) is 20.7. The Morgan fingerprint density at radius 1 is 0.776 bits per heavy atom. The third-order valence-corrected chi connectivity index (χ3v) is 22.8. The van der Waals surface area contributed by atoms with E-state index in [1.807, 2.05) is 11.3 Å². The summed E-state index contributed by atoms with van der Waals surface area (Å²) in [5, 5.41) is 5.35. The molecule has 6 rings (SSSR count). The van der Waals surface area contributed by atoms with Gasteiger partial charge in [0.25, 0.3) is 0 Å². The Hall–Kier alpha value is 0.427. The number of fused-ring (bicyclic) bond motifs is 2. The van der Waals surface area contributed by atoms with E-state index in [4.69, 9.17) is 22.0 Å². The summed E-state index contributed by atoms with van der Waals surface area (Å²) in [6, 6.07) is 11.5. The molecule has 1 fully saturated rings. The standard InChI is InChI=1S/C23H35BrNSSi.C23H32BrNSSi.CH3.2ClH.Zr/c2*1-13(2)19-11-17(24)12-20(14(3)4)21(19)25-27(7,8)23-16(6)15(5)18-9-10-26-22(18)23;;;;/h9-16,18,22-23H,1-8H3;9-14,23,25H,1-8H3;1H3;2*1H;/q-1;;-1;;;+4/p-2. The number of benzene rings is 2. The van der Waals surface area contributed by atoms with E-state index < -0.39 is 37.3 Å². The van der Waals surface area contributed by atoms with Crippen LogP contribution in [0.15, 0.2) is 61.7 Å². The van der Waals surface area contributed by atoms with Crippen LogP contribution in [0.5, 0.6) is 0 Å². The SMILES string of the molecule is CC(C)c1cc(Br)cc(C(C)C)c1[N-][Si](C)(C)C1C(C)C(C)C2C=CSC21.CC1=C(C)C([Si](C)(C)Nc2c(C(C)C)cc(Br)cc2C(C)C)c2sccc21.[CH3-].[Cl][Zr+2][Cl]. The summed E-state index contributed by atoms with van der Waals surface area (Å²) in [5.74, 6) is 4.22. The van der Waals surface area contributed by atoms with Crippen LogP contribution in [-0.2, 0) is 20.8 Å². The average Bonchev–Trinajstić information content (AvgIpc) is 3.87. The summed E-state index contributed by atoms with van der Waals surface area (Å²) in [7, 11) is 6.23. The van der Waals surface area contributed by atoms with E-state index in [-0.39, 0.29) is 7.43 Å². The third-order valence-electron chi connectivity index (χ3n) is 12.8. The zero-order valence-electron chi connectivity index (χ0n) is 38.2. The molecule has 2 aromatic carbocycles. The van der Waals surface area contributed by atoms with Crippen LogP contribution in [0.1, 0.15) is 145 Å². The molecule has 2 nitrogen and oxygen atoms in total. The molecule has 0 saturated heterocycles. The van der Waals surface area contributed by atoms with Crippen molar-refractivity contribution < 1.29 is 20.8 Å². The second kappa shape index (κ2) is 21.9. The normalized spacial score (nSPS) is 22.3. The Morgan fingerprint density at radius 3 is 1.71 bits per heavy atom.